The smallest absolute Gasteiger partial charge is 0.0702 e. The van der Waals surface area contributed by atoms with Crippen LogP contribution in [0.5, 0.6) is 0 Å². The summed E-state index contributed by atoms with van der Waals surface area (Å²) in [5, 5.41) is 5.13. The second kappa shape index (κ2) is 35.7. The van der Waals surface area contributed by atoms with Crippen molar-refractivity contribution in [3.05, 3.63) is 204 Å². The van der Waals surface area contributed by atoms with Crippen LogP contribution in [0.25, 0.3) is 54.8 Å². The predicted molar refractivity (Wildman–Crippen MR) is 565 cm³/mol. The van der Waals surface area contributed by atoms with E-state index in [4.69, 9.17) is 18.9 Å². The molecule has 4 heterocycles. The van der Waals surface area contributed by atoms with Crippen molar-refractivity contribution in [2.24, 2.45) is 126 Å². The molecule has 0 unspecified atom stereocenters. The molecule has 0 aliphatic heterocycles. The highest BCUT2D eigenvalue weighted by molar-refractivity contribution is 5.87. The molecule has 8 nitrogen and oxygen atoms in total. The van der Waals surface area contributed by atoms with E-state index in [1.54, 1.807) is 33.4 Å². The highest BCUT2D eigenvalue weighted by atomic mass is 16.5. The molecule has 0 bridgehead atoms. The molecule has 16 aliphatic rings. The highest BCUT2D eigenvalue weighted by Crippen LogP contribution is 2.74. The van der Waals surface area contributed by atoms with Crippen molar-refractivity contribution < 1.29 is 18.9 Å². The molecule has 4 aromatic carbocycles. The first-order valence-corrected chi connectivity index (χ1v) is 55.6. The number of allylic oxidation sites excluding steroid dienone is 6. The average Bonchev–Trinajstić information content (AvgIpc) is 1.43. The number of hydrogen-bond acceptors (Lipinski definition) is 8. The Balaban J connectivity index is 0.000000108. The lowest BCUT2D eigenvalue weighted by Crippen LogP contribution is -2.54. The van der Waals surface area contributed by atoms with Gasteiger partial charge in [0.2, 0.25) is 0 Å². The fourth-order valence-electron chi connectivity index (χ4n) is 36.3. The zero-order valence-electron chi connectivity index (χ0n) is 87.8. The van der Waals surface area contributed by atoms with Crippen molar-refractivity contribution in [1.29, 1.82) is 0 Å². The van der Waals surface area contributed by atoms with Gasteiger partial charge < -0.3 is 18.9 Å². The molecular formula is C128H172N4O4. The molecule has 0 N–H and O–H groups in total. The van der Waals surface area contributed by atoms with Crippen LogP contribution in [0.2, 0.25) is 0 Å². The number of hydrogen-bond donors (Lipinski definition) is 0. The minimum absolute atomic E-state index is 0.0139. The fourth-order valence-corrected chi connectivity index (χ4v) is 36.3. The molecule has 8 aromatic rings. The van der Waals surface area contributed by atoms with Crippen molar-refractivity contribution in [3.8, 4) is 0 Å². The second-order valence-corrected chi connectivity index (χ2v) is 54.0. The third kappa shape index (κ3) is 17.4. The Morgan fingerprint density at radius 1 is 0.272 bits per heavy atom. The number of ether oxygens (including phenoxy) is 4. The summed E-state index contributed by atoms with van der Waals surface area (Å²) in [6.07, 6.45) is 62.6. The highest BCUT2D eigenvalue weighted by Gasteiger charge is 2.65. The molecular weight excluding hydrogens is 1660 g/mol. The Morgan fingerprint density at radius 3 is 1.01 bits per heavy atom. The molecule has 12 fully saturated rings. The van der Waals surface area contributed by atoms with Gasteiger partial charge in [-0.1, -0.05) is 139 Å². The lowest BCUT2D eigenvalue weighted by Gasteiger charge is -2.61. The number of nitrogens with zero attached hydrogens (tertiary/aromatic N) is 4. The second-order valence-electron chi connectivity index (χ2n) is 54.0. The van der Waals surface area contributed by atoms with E-state index >= 15 is 0 Å². The van der Waals surface area contributed by atoms with Crippen molar-refractivity contribution >= 4 is 54.8 Å². The van der Waals surface area contributed by atoms with Crippen LogP contribution in [0.15, 0.2) is 182 Å². The van der Waals surface area contributed by atoms with Crippen LogP contribution < -0.4 is 0 Å². The molecule has 12 saturated carbocycles. The van der Waals surface area contributed by atoms with E-state index in [0.29, 0.717) is 79.6 Å². The first-order valence-electron chi connectivity index (χ1n) is 55.6. The van der Waals surface area contributed by atoms with Crippen LogP contribution in [-0.4, -0.2) is 66.8 Å². The first-order chi connectivity index (χ1) is 64.7. The Bertz CT molecular complexity index is 5740. The van der Waals surface area contributed by atoms with Gasteiger partial charge in [0, 0.05) is 46.3 Å². The van der Waals surface area contributed by atoms with Gasteiger partial charge in [0.25, 0.3) is 0 Å². The molecule has 0 saturated heterocycles. The number of benzene rings is 4. The van der Waals surface area contributed by atoms with Crippen molar-refractivity contribution in [2.75, 3.05) is 0 Å². The van der Waals surface area contributed by atoms with E-state index in [9.17, 15) is 0 Å². The lowest BCUT2D eigenvalue weighted by molar-refractivity contribution is -0.152. The molecule has 728 valence electrons. The van der Waals surface area contributed by atoms with Gasteiger partial charge >= 0.3 is 0 Å². The van der Waals surface area contributed by atoms with E-state index in [-0.39, 0.29) is 22.4 Å². The minimum Gasteiger partial charge on any atom is -0.373 e. The van der Waals surface area contributed by atoms with E-state index in [1.807, 2.05) is 24.8 Å². The summed E-state index contributed by atoms with van der Waals surface area (Å²) < 4.78 is 25.8. The Morgan fingerprint density at radius 2 is 0.596 bits per heavy atom. The van der Waals surface area contributed by atoms with Gasteiger partial charge in [-0.3, -0.25) is 19.9 Å². The zero-order valence-corrected chi connectivity index (χ0v) is 87.8. The SMILES string of the molecule is CC(C)(C)O[C@@H]1CC[C@@]2(C)C(=CC[C@@H]3[C@@H]2CC[C@]2(C)C(c4ccc5ncccc5c4)=CC[C@@H]32)C1.CC(C)(C)O[C@@H]1CC[C@@]2(C)C(=CC[C@H]3[C@@H]4CC[C@H](c5ccc6ncccc6c5)[C@@]4(C)CC[C@@H]32)C1.CC(C)(C)O[C@@H]1CC[C@@]2(C)[C@@H](CC[C@@H]3[C@@H]2CC[C@]2(C)C(c4ccc5ncccc5c4)=CC[C@@H]32)C1.CC(C)(C)O[C@@H]1CC[C@@]2(C)[C@@H](CC[C@@H]3[C@@H]2CC[C@]2(C)[C@@H](c4ccc5ncccc5c4)CC[C@@H]32)C1. The normalized spacial score (nSPS) is 39.8. The summed E-state index contributed by atoms with van der Waals surface area (Å²) >= 11 is 0. The maximum Gasteiger partial charge on any atom is 0.0702 e. The number of rotatable bonds is 8. The Hall–Kier alpha value is -6.68. The third-order valence-electron chi connectivity index (χ3n) is 42.5. The van der Waals surface area contributed by atoms with Crippen molar-refractivity contribution in [2.45, 2.75) is 403 Å². The largest absolute Gasteiger partial charge is 0.373 e. The summed E-state index contributed by atoms with van der Waals surface area (Å²) in [5.41, 5.74) is 20.3. The summed E-state index contributed by atoms with van der Waals surface area (Å²) in [5.74, 6) is 13.5. The standard InChI is InChI=1S/C32H45NO.2C32H43NO.C32H41NO/c4*1-30(2,3)34-24-14-16-31(4)23(20-24)9-10-25-27-12-11-26(32(27,5)17-15-28(25)31)21-8-13-29-22(19-21)7-6-18-33-29/h6-8,13,18-19,23-28H,9-12,14-17,20H2,1-5H3;6-8,11,13,18-19,23-25,27-28H,9-10,12,14-17,20H2,1-5H3;6-9,13,18-19,24-28H,10-12,14-17,20H2,1-5H3;6-9,11,13,18-19,24-25,27-28H,10,12,14-17,20H2,1-5H3/t23-,24+,25-,26+,27-,28-,31-,32+;23-,24+,25-,27-,28-,31-,32+;24-,25+,26-,27+,28+,31+,32-;24-,25+,27+,28+,31+,32-/m0011/s1. The monoisotopic (exact) mass is 1830 g/mol. The molecule has 24 rings (SSSR count). The maximum absolute atomic E-state index is 6.48. The number of fused-ring (bicyclic) bond motifs is 24. The van der Waals surface area contributed by atoms with E-state index in [2.05, 4.69) is 304 Å². The maximum atomic E-state index is 6.48. The predicted octanol–water partition coefficient (Wildman–Crippen LogP) is 33.8. The Labute approximate surface area is 820 Å². The number of aromatic nitrogens is 4. The Kier molecular flexibility index (Phi) is 25.1. The van der Waals surface area contributed by atoms with Gasteiger partial charge in [-0.15, -0.1) is 0 Å². The average molecular weight is 1830 g/mol. The van der Waals surface area contributed by atoms with Gasteiger partial charge in [0.1, 0.15) is 0 Å². The van der Waals surface area contributed by atoms with Gasteiger partial charge in [-0.25, -0.2) is 0 Å². The van der Waals surface area contributed by atoms with Crippen LogP contribution in [0.1, 0.15) is 378 Å². The molecule has 136 heavy (non-hydrogen) atoms. The molecule has 4 aromatic heterocycles. The van der Waals surface area contributed by atoms with Gasteiger partial charge in [-0.05, 0) is 533 Å². The van der Waals surface area contributed by atoms with Gasteiger partial charge in [0.15, 0.2) is 0 Å². The zero-order chi connectivity index (χ0) is 94.9. The quantitative estimate of drug-likeness (QED) is 0.139. The van der Waals surface area contributed by atoms with Crippen molar-refractivity contribution in [3.63, 3.8) is 0 Å². The van der Waals surface area contributed by atoms with Crippen LogP contribution in [-0.2, 0) is 18.9 Å². The van der Waals surface area contributed by atoms with E-state index in [0.717, 1.165) is 118 Å². The summed E-state index contributed by atoms with van der Waals surface area (Å²) in [6.45, 7) is 47.6. The molecule has 0 amide bonds. The van der Waals surface area contributed by atoms with Crippen LogP contribution >= 0.6 is 0 Å². The summed E-state index contributed by atoms with van der Waals surface area (Å²) in [4.78, 5) is 18.2. The van der Waals surface area contributed by atoms with Crippen LogP contribution in [0, 0.1) is 126 Å². The first kappa shape index (κ1) is 95.5. The summed E-state index contributed by atoms with van der Waals surface area (Å²) in [6, 6.07) is 45.2. The topological polar surface area (TPSA) is 88.5 Å². The minimum atomic E-state index is -0.0480. The molecule has 28 atom stereocenters. The van der Waals surface area contributed by atoms with Gasteiger partial charge in [-0.2, -0.15) is 0 Å². The van der Waals surface area contributed by atoms with E-state index < -0.39 is 0 Å². The summed E-state index contributed by atoms with van der Waals surface area (Å²) in [7, 11) is 0. The van der Waals surface area contributed by atoms with Crippen LogP contribution in [0.3, 0.4) is 0 Å². The lowest BCUT2D eigenvalue weighted by atomic mass is 9.44. The van der Waals surface area contributed by atoms with E-state index in [1.165, 1.54) is 225 Å². The molecule has 0 spiro atoms. The third-order valence-corrected chi connectivity index (χ3v) is 42.5. The fraction of sp³-hybridized carbons (Fsp3) is 0.656. The van der Waals surface area contributed by atoms with Crippen LogP contribution in [0.4, 0.5) is 0 Å². The molecule has 16 aliphatic carbocycles. The molecule has 0 radical (unpaired) electrons. The number of pyridine rings is 4. The molecule has 8 heteroatoms. The van der Waals surface area contributed by atoms with Gasteiger partial charge in [0.05, 0.1) is 68.9 Å². The van der Waals surface area contributed by atoms with Crippen molar-refractivity contribution in [1.82, 2.24) is 19.9 Å².